The first-order valence-electron chi connectivity index (χ1n) is 11.3. The number of ether oxygens (including phenoxy) is 1. The fourth-order valence-corrected chi connectivity index (χ4v) is 4.93. The van der Waals surface area contributed by atoms with Crippen LogP contribution in [0.3, 0.4) is 0 Å². The number of rotatable bonds is 8. The van der Waals surface area contributed by atoms with Gasteiger partial charge in [-0.25, -0.2) is 0 Å². The van der Waals surface area contributed by atoms with Crippen molar-refractivity contribution >= 4 is 46.6 Å². The summed E-state index contributed by atoms with van der Waals surface area (Å²) in [7, 11) is 2.03. The lowest BCUT2D eigenvalue weighted by atomic mass is 9.94. The highest BCUT2D eigenvalue weighted by Gasteiger charge is 2.53. The first-order chi connectivity index (χ1) is 16.3. The normalized spacial score (nSPS) is 18.4. The van der Waals surface area contributed by atoms with E-state index in [1.165, 1.54) is 0 Å². The van der Waals surface area contributed by atoms with Gasteiger partial charge in [-0.1, -0.05) is 53.0 Å². The van der Waals surface area contributed by atoms with Gasteiger partial charge in [0.1, 0.15) is 6.04 Å². The number of benzene rings is 2. The fraction of sp³-hybridized carbons (Fsp3) is 0.440. The smallest absolute Gasteiger partial charge is 0.247 e. The number of piperazine rings is 1. The molecule has 1 aliphatic carbocycles. The number of nitrogens with one attached hydrogen (secondary N) is 1. The molecule has 34 heavy (non-hydrogen) atoms. The maximum absolute atomic E-state index is 13.4. The van der Waals surface area contributed by atoms with Gasteiger partial charge in [-0.3, -0.25) is 9.59 Å². The number of amides is 2. The molecule has 0 spiro atoms. The minimum Gasteiger partial charge on any atom is -0.374 e. The lowest BCUT2D eigenvalue weighted by Crippen LogP contribution is -2.56. The van der Waals surface area contributed by atoms with E-state index in [4.69, 9.17) is 39.5 Å². The van der Waals surface area contributed by atoms with Crippen molar-refractivity contribution in [3.8, 4) is 0 Å². The SMILES string of the molecule is CN1CCN(C(=O)[C@H](COCc2ccc(Cl)cc2)NC(=O)C2(c3ccc(Cl)cc3Cl)CC2)CC1. The molecule has 6 nitrogen and oxygen atoms in total. The number of likely N-dealkylation sites (N-methyl/N-ethyl adjacent to an activating group) is 1. The van der Waals surface area contributed by atoms with E-state index in [-0.39, 0.29) is 18.4 Å². The van der Waals surface area contributed by atoms with E-state index >= 15 is 0 Å². The summed E-state index contributed by atoms with van der Waals surface area (Å²) in [5.41, 5.74) is 0.940. The number of nitrogens with zero attached hydrogens (tertiary/aromatic N) is 2. The molecule has 1 saturated carbocycles. The molecule has 0 bridgehead atoms. The zero-order valence-corrected chi connectivity index (χ0v) is 21.3. The topological polar surface area (TPSA) is 61.9 Å². The van der Waals surface area contributed by atoms with Crippen LogP contribution in [-0.2, 0) is 26.3 Å². The number of halogens is 3. The Balaban J connectivity index is 1.47. The van der Waals surface area contributed by atoms with E-state index in [1.807, 2.05) is 19.2 Å². The molecule has 2 amide bonds. The fourth-order valence-electron chi connectivity index (χ4n) is 4.21. The second-order valence-electron chi connectivity index (χ2n) is 9.00. The van der Waals surface area contributed by atoms with E-state index in [1.54, 1.807) is 35.2 Å². The third-order valence-electron chi connectivity index (χ3n) is 6.52. The van der Waals surface area contributed by atoms with Crippen LogP contribution in [0, 0.1) is 0 Å². The van der Waals surface area contributed by atoms with E-state index < -0.39 is 11.5 Å². The zero-order chi connectivity index (χ0) is 24.3. The Labute approximate surface area is 215 Å². The average molecular weight is 525 g/mol. The van der Waals surface area contributed by atoms with Crippen LogP contribution < -0.4 is 5.32 Å². The zero-order valence-electron chi connectivity index (χ0n) is 19.0. The van der Waals surface area contributed by atoms with Gasteiger partial charge in [-0.05, 0) is 55.3 Å². The largest absolute Gasteiger partial charge is 0.374 e. The Morgan fingerprint density at radius 3 is 2.26 bits per heavy atom. The van der Waals surface area contributed by atoms with Gasteiger partial charge < -0.3 is 19.9 Å². The molecule has 2 fully saturated rings. The standard InChI is InChI=1S/C25H28Cl3N3O3/c1-30-10-12-31(13-11-30)23(32)22(16-34-15-17-2-4-18(26)5-3-17)29-24(33)25(8-9-25)20-7-6-19(27)14-21(20)28/h2-7,14,22H,8-13,15-16H2,1H3,(H,29,33)/t22-/m0/s1. The molecule has 1 saturated heterocycles. The number of carbonyl (C=O) groups is 2. The molecule has 2 aromatic rings. The van der Waals surface area contributed by atoms with Crippen molar-refractivity contribution in [3.63, 3.8) is 0 Å². The van der Waals surface area contributed by atoms with Crippen molar-refractivity contribution in [2.24, 2.45) is 0 Å². The molecular formula is C25H28Cl3N3O3. The van der Waals surface area contributed by atoms with Gasteiger partial charge in [-0.2, -0.15) is 0 Å². The molecule has 9 heteroatoms. The summed E-state index contributed by atoms with van der Waals surface area (Å²) in [6.07, 6.45) is 1.34. The molecule has 0 aromatic heterocycles. The molecule has 182 valence electrons. The monoisotopic (exact) mass is 523 g/mol. The molecule has 1 aliphatic heterocycles. The minimum absolute atomic E-state index is 0.0734. The quantitative estimate of drug-likeness (QED) is 0.563. The second-order valence-corrected chi connectivity index (χ2v) is 10.3. The van der Waals surface area contributed by atoms with E-state index in [0.29, 0.717) is 47.6 Å². The van der Waals surface area contributed by atoms with Gasteiger partial charge in [-0.15, -0.1) is 0 Å². The van der Waals surface area contributed by atoms with Crippen LogP contribution >= 0.6 is 34.8 Å². The maximum atomic E-state index is 13.4. The van der Waals surface area contributed by atoms with Crippen molar-refractivity contribution < 1.29 is 14.3 Å². The summed E-state index contributed by atoms with van der Waals surface area (Å²) in [5, 5.41) is 4.61. The predicted molar refractivity (Wildman–Crippen MR) is 134 cm³/mol. The number of hydrogen-bond acceptors (Lipinski definition) is 4. The van der Waals surface area contributed by atoms with Crippen molar-refractivity contribution in [2.75, 3.05) is 39.8 Å². The summed E-state index contributed by atoms with van der Waals surface area (Å²) >= 11 is 18.4. The molecule has 0 radical (unpaired) electrons. The van der Waals surface area contributed by atoms with Crippen LogP contribution in [0.25, 0.3) is 0 Å². The van der Waals surface area contributed by atoms with E-state index in [0.717, 1.165) is 24.2 Å². The lowest BCUT2D eigenvalue weighted by molar-refractivity contribution is -0.140. The average Bonchev–Trinajstić information content (AvgIpc) is 3.61. The van der Waals surface area contributed by atoms with E-state index in [2.05, 4.69) is 10.2 Å². The van der Waals surface area contributed by atoms with Gasteiger partial charge >= 0.3 is 0 Å². The van der Waals surface area contributed by atoms with Crippen LogP contribution in [0.2, 0.25) is 15.1 Å². The Bertz CT molecular complexity index is 1040. The van der Waals surface area contributed by atoms with Crippen LogP contribution in [-0.4, -0.2) is 67.5 Å². The van der Waals surface area contributed by atoms with Crippen LogP contribution in [0.15, 0.2) is 42.5 Å². The summed E-state index contributed by atoms with van der Waals surface area (Å²) < 4.78 is 5.87. The first kappa shape index (κ1) is 25.3. The Hall–Kier alpha value is -1.83. The molecule has 2 aliphatic rings. The molecule has 1 atom stereocenters. The highest BCUT2D eigenvalue weighted by atomic mass is 35.5. The summed E-state index contributed by atoms with van der Waals surface area (Å²) in [6, 6.07) is 11.7. The van der Waals surface area contributed by atoms with Crippen LogP contribution in [0.1, 0.15) is 24.0 Å². The highest BCUT2D eigenvalue weighted by molar-refractivity contribution is 6.35. The Kier molecular flexibility index (Phi) is 8.05. The van der Waals surface area contributed by atoms with Gasteiger partial charge in [0, 0.05) is 41.2 Å². The predicted octanol–water partition coefficient (Wildman–Crippen LogP) is 4.15. The molecule has 0 unspecified atom stereocenters. The summed E-state index contributed by atoms with van der Waals surface area (Å²) in [5.74, 6) is -0.338. The number of hydrogen-bond donors (Lipinski definition) is 1. The second kappa shape index (κ2) is 10.8. The molecule has 4 rings (SSSR count). The first-order valence-corrected chi connectivity index (χ1v) is 12.5. The lowest BCUT2D eigenvalue weighted by Gasteiger charge is -2.35. The minimum atomic E-state index is -0.785. The molecular weight excluding hydrogens is 497 g/mol. The molecule has 2 aromatic carbocycles. The number of carbonyl (C=O) groups excluding carboxylic acids is 2. The van der Waals surface area contributed by atoms with Crippen molar-refractivity contribution in [1.82, 2.24) is 15.1 Å². The van der Waals surface area contributed by atoms with E-state index in [9.17, 15) is 9.59 Å². The third-order valence-corrected chi connectivity index (χ3v) is 7.32. The summed E-state index contributed by atoms with van der Waals surface area (Å²) in [4.78, 5) is 30.8. The Morgan fingerprint density at radius 2 is 1.65 bits per heavy atom. The molecule has 1 N–H and O–H groups in total. The van der Waals surface area contributed by atoms with Crippen molar-refractivity contribution in [1.29, 1.82) is 0 Å². The molecule has 1 heterocycles. The van der Waals surface area contributed by atoms with Crippen LogP contribution in [0.4, 0.5) is 0 Å². The van der Waals surface area contributed by atoms with Gasteiger partial charge in [0.2, 0.25) is 11.8 Å². The van der Waals surface area contributed by atoms with Gasteiger partial charge in [0.05, 0.1) is 18.6 Å². The third kappa shape index (κ3) is 5.86. The van der Waals surface area contributed by atoms with Crippen molar-refractivity contribution in [3.05, 3.63) is 68.7 Å². The summed E-state index contributed by atoms with van der Waals surface area (Å²) in [6.45, 7) is 3.21. The van der Waals surface area contributed by atoms with Crippen LogP contribution in [0.5, 0.6) is 0 Å². The van der Waals surface area contributed by atoms with Crippen molar-refractivity contribution in [2.45, 2.75) is 30.9 Å². The van der Waals surface area contributed by atoms with Gasteiger partial charge in [0.25, 0.3) is 0 Å². The Morgan fingerprint density at radius 1 is 1.00 bits per heavy atom. The van der Waals surface area contributed by atoms with Gasteiger partial charge in [0.15, 0.2) is 0 Å². The highest BCUT2D eigenvalue weighted by Crippen LogP contribution is 2.51. The maximum Gasteiger partial charge on any atom is 0.247 e.